The van der Waals surface area contributed by atoms with Crippen LogP contribution in [0.2, 0.25) is 0 Å². The van der Waals surface area contributed by atoms with E-state index in [-0.39, 0.29) is 22.5 Å². The Morgan fingerprint density at radius 1 is 1.20 bits per heavy atom. The molecule has 0 radical (unpaired) electrons. The van der Waals surface area contributed by atoms with E-state index >= 15 is 0 Å². The summed E-state index contributed by atoms with van der Waals surface area (Å²) in [4.78, 5) is 12.5. The molecule has 2 saturated carbocycles. The van der Waals surface area contributed by atoms with Gasteiger partial charge in [0, 0.05) is 11.3 Å². The normalized spacial score (nSPS) is 45.5. The predicted octanol–water partition coefficient (Wildman–Crippen LogP) is 1.75. The number of hydrogen-bond acceptors (Lipinski definition) is 3. The fourth-order valence-electron chi connectivity index (χ4n) is 3.88. The van der Waals surface area contributed by atoms with Crippen LogP contribution in [0.25, 0.3) is 0 Å². The Kier molecular flexibility index (Phi) is 1.61. The van der Waals surface area contributed by atoms with Crippen molar-refractivity contribution in [1.29, 1.82) is 0 Å². The molecule has 1 spiro atoms. The minimum Gasteiger partial charge on any atom is -0.341 e. The lowest BCUT2D eigenvalue weighted by Crippen LogP contribution is -2.47. The van der Waals surface area contributed by atoms with Crippen LogP contribution in [0.1, 0.15) is 33.6 Å². The molecule has 3 aliphatic rings. The van der Waals surface area contributed by atoms with Crippen molar-refractivity contribution in [1.82, 2.24) is 0 Å². The second kappa shape index (κ2) is 2.46. The largest absolute Gasteiger partial charge is 0.341 e. The van der Waals surface area contributed by atoms with Crippen molar-refractivity contribution >= 4 is 5.78 Å². The molecule has 3 fully saturated rings. The Bertz CT molecular complexity index is 328. The highest BCUT2D eigenvalue weighted by molar-refractivity contribution is 5.96. The quantitative estimate of drug-likeness (QED) is 0.611. The van der Waals surface area contributed by atoms with Gasteiger partial charge < -0.3 is 9.47 Å². The highest BCUT2D eigenvalue weighted by Crippen LogP contribution is 2.68. The first-order chi connectivity index (χ1) is 6.95. The molecule has 1 heterocycles. The molecule has 2 bridgehead atoms. The standard InChI is InChI=1S/C12H18O3/c1-10(2)8-4-5-11(10,3)9(13)12(8)14-6-7-15-12/h8H,4-7H2,1-3H3/t8-,11-/m1/s1. The summed E-state index contributed by atoms with van der Waals surface area (Å²) in [6, 6.07) is 0. The summed E-state index contributed by atoms with van der Waals surface area (Å²) in [7, 11) is 0. The number of rotatable bonds is 0. The second-order valence-corrected chi connectivity index (χ2v) is 5.84. The van der Waals surface area contributed by atoms with Crippen LogP contribution < -0.4 is 0 Å². The molecule has 1 saturated heterocycles. The fraction of sp³-hybridized carbons (Fsp3) is 0.917. The van der Waals surface area contributed by atoms with Crippen LogP contribution in [-0.2, 0) is 14.3 Å². The van der Waals surface area contributed by atoms with Gasteiger partial charge in [0.1, 0.15) is 0 Å². The van der Waals surface area contributed by atoms with E-state index in [1.807, 2.05) is 0 Å². The Balaban J connectivity index is 2.14. The summed E-state index contributed by atoms with van der Waals surface area (Å²) in [5.74, 6) is -0.449. The maximum atomic E-state index is 12.5. The molecule has 2 atom stereocenters. The van der Waals surface area contributed by atoms with Crippen LogP contribution in [0.4, 0.5) is 0 Å². The molecule has 0 unspecified atom stereocenters. The number of fused-ring (bicyclic) bond motifs is 3. The van der Waals surface area contributed by atoms with Crippen LogP contribution in [0.5, 0.6) is 0 Å². The van der Waals surface area contributed by atoms with E-state index in [1.54, 1.807) is 0 Å². The van der Waals surface area contributed by atoms with Crippen molar-refractivity contribution < 1.29 is 14.3 Å². The van der Waals surface area contributed by atoms with Gasteiger partial charge in [-0.1, -0.05) is 20.8 Å². The number of hydrogen-bond donors (Lipinski definition) is 0. The number of Topliss-reactive ketones (excluding diaryl/α,β-unsaturated/α-hetero) is 1. The first-order valence-corrected chi connectivity index (χ1v) is 5.78. The van der Waals surface area contributed by atoms with E-state index in [4.69, 9.17) is 9.47 Å². The Hall–Kier alpha value is -0.410. The van der Waals surface area contributed by atoms with Crippen molar-refractivity contribution in [3.05, 3.63) is 0 Å². The average Bonchev–Trinajstić information content (AvgIpc) is 2.74. The van der Waals surface area contributed by atoms with Crippen molar-refractivity contribution in [3.8, 4) is 0 Å². The van der Waals surface area contributed by atoms with Crippen LogP contribution in [0, 0.1) is 16.7 Å². The molecule has 0 aromatic carbocycles. The summed E-state index contributed by atoms with van der Waals surface area (Å²) in [6.07, 6.45) is 2.03. The Morgan fingerprint density at radius 3 is 2.27 bits per heavy atom. The SMILES string of the molecule is CC1(C)[C@H]2CC[C@]1(C)C(=O)C21OCCO1. The minimum atomic E-state index is -0.878. The van der Waals surface area contributed by atoms with Crippen molar-refractivity contribution in [2.45, 2.75) is 39.4 Å². The van der Waals surface area contributed by atoms with E-state index in [2.05, 4.69) is 20.8 Å². The molecule has 15 heavy (non-hydrogen) atoms. The van der Waals surface area contributed by atoms with E-state index in [0.29, 0.717) is 13.2 Å². The van der Waals surface area contributed by atoms with Gasteiger partial charge in [0.15, 0.2) is 5.78 Å². The maximum Gasteiger partial charge on any atom is 0.233 e. The van der Waals surface area contributed by atoms with E-state index in [9.17, 15) is 4.79 Å². The zero-order valence-electron chi connectivity index (χ0n) is 9.63. The molecule has 3 heteroatoms. The number of carbonyl (C=O) groups is 1. The molecule has 84 valence electrons. The lowest BCUT2D eigenvalue weighted by Gasteiger charge is -2.32. The first-order valence-electron chi connectivity index (χ1n) is 5.78. The van der Waals surface area contributed by atoms with Gasteiger partial charge in [-0.05, 0) is 18.3 Å². The number of ketones is 1. The Morgan fingerprint density at radius 2 is 1.80 bits per heavy atom. The zero-order chi connectivity index (χ0) is 10.9. The van der Waals surface area contributed by atoms with Gasteiger partial charge in [-0.15, -0.1) is 0 Å². The third-order valence-corrected chi connectivity index (χ3v) is 5.22. The molecule has 2 aliphatic carbocycles. The van der Waals surface area contributed by atoms with Gasteiger partial charge >= 0.3 is 0 Å². The molecule has 3 nitrogen and oxygen atoms in total. The minimum absolute atomic E-state index is 0.00836. The summed E-state index contributed by atoms with van der Waals surface area (Å²) >= 11 is 0. The molecule has 0 aromatic heterocycles. The van der Waals surface area contributed by atoms with E-state index < -0.39 is 5.79 Å². The monoisotopic (exact) mass is 210 g/mol. The summed E-state index contributed by atoms with van der Waals surface area (Å²) in [6.45, 7) is 7.57. The molecule has 3 rings (SSSR count). The molecular formula is C12H18O3. The van der Waals surface area contributed by atoms with Crippen LogP contribution in [0.3, 0.4) is 0 Å². The van der Waals surface area contributed by atoms with Crippen molar-refractivity contribution in [2.75, 3.05) is 13.2 Å². The highest BCUT2D eigenvalue weighted by atomic mass is 16.7. The molecule has 1 aliphatic heterocycles. The van der Waals surface area contributed by atoms with Gasteiger partial charge in [0.25, 0.3) is 0 Å². The smallest absolute Gasteiger partial charge is 0.233 e. The number of ether oxygens (including phenoxy) is 2. The first kappa shape index (κ1) is 9.79. The van der Waals surface area contributed by atoms with Crippen LogP contribution in [-0.4, -0.2) is 24.8 Å². The third kappa shape index (κ3) is 0.806. The lowest BCUT2D eigenvalue weighted by atomic mass is 9.70. The van der Waals surface area contributed by atoms with Gasteiger partial charge in [0.2, 0.25) is 5.79 Å². The predicted molar refractivity (Wildman–Crippen MR) is 54.3 cm³/mol. The molecule has 0 amide bonds. The van der Waals surface area contributed by atoms with E-state index in [1.165, 1.54) is 0 Å². The summed E-state index contributed by atoms with van der Waals surface area (Å²) in [5.41, 5.74) is -0.240. The van der Waals surface area contributed by atoms with E-state index in [0.717, 1.165) is 12.8 Å². The van der Waals surface area contributed by atoms with Crippen molar-refractivity contribution in [2.24, 2.45) is 16.7 Å². The van der Waals surface area contributed by atoms with Crippen molar-refractivity contribution in [3.63, 3.8) is 0 Å². The summed E-state index contributed by atoms with van der Waals surface area (Å²) < 4.78 is 11.4. The maximum absolute atomic E-state index is 12.5. The number of carbonyl (C=O) groups excluding carboxylic acids is 1. The van der Waals surface area contributed by atoms with Gasteiger partial charge in [-0.3, -0.25) is 4.79 Å². The van der Waals surface area contributed by atoms with Gasteiger partial charge in [-0.25, -0.2) is 0 Å². The lowest BCUT2D eigenvalue weighted by molar-refractivity contribution is -0.199. The second-order valence-electron chi connectivity index (χ2n) is 5.84. The van der Waals surface area contributed by atoms with Gasteiger partial charge in [0.05, 0.1) is 13.2 Å². The molecule has 0 aromatic rings. The third-order valence-electron chi connectivity index (χ3n) is 5.22. The fourth-order valence-corrected chi connectivity index (χ4v) is 3.88. The summed E-state index contributed by atoms with van der Waals surface area (Å²) in [5, 5.41) is 0. The average molecular weight is 210 g/mol. The zero-order valence-corrected chi connectivity index (χ0v) is 9.63. The van der Waals surface area contributed by atoms with Gasteiger partial charge in [-0.2, -0.15) is 0 Å². The highest BCUT2D eigenvalue weighted by Gasteiger charge is 2.75. The Labute approximate surface area is 90.1 Å². The topological polar surface area (TPSA) is 35.5 Å². The molecule has 0 N–H and O–H groups in total. The van der Waals surface area contributed by atoms with Crippen LogP contribution >= 0.6 is 0 Å². The molecular weight excluding hydrogens is 192 g/mol. The van der Waals surface area contributed by atoms with Crippen LogP contribution in [0.15, 0.2) is 0 Å².